The Labute approximate surface area is 90.9 Å². The van der Waals surface area contributed by atoms with E-state index in [-0.39, 0.29) is 5.02 Å². The van der Waals surface area contributed by atoms with Crippen LogP contribution < -0.4 is 4.74 Å². The molecule has 2 rings (SSSR count). The zero-order valence-corrected chi connectivity index (χ0v) is 8.68. The van der Waals surface area contributed by atoms with Crippen LogP contribution in [0.1, 0.15) is 0 Å². The molecule has 78 valence electrons. The predicted molar refractivity (Wildman–Crippen MR) is 57.1 cm³/mol. The van der Waals surface area contributed by atoms with Gasteiger partial charge in [-0.15, -0.1) is 0 Å². The van der Waals surface area contributed by atoms with Gasteiger partial charge in [-0.2, -0.15) is 0 Å². The van der Waals surface area contributed by atoms with Crippen molar-refractivity contribution in [3.05, 3.63) is 35.1 Å². The number of phenolic OH excluding ortho intramolecular Hbond substituents is 1. The van der Waals surface area contributed by atoms with Gasteiger partial charge in [0.15, 0.2) is 11.6 Å². The van der Waals surface area contributed by atoms with Gasteiger partial charge in [-0.05, 0) is 23.6 Å². The summed E-state index contributed by atoms with van der Waals surface area (Å²) < 4.78 is 18.1. The molecule has 0 aliphatic heterocycles. The van der Waals surface area contributed by atoms with Crippen molar-refractivity contribution in [3.8, 4) is 11.5 Å². The molecule has 15 heavy (non-hydrogen) atoms. The predicted octanol–water partition coefficient (Wildman–Crippen LogP) is 3.35. The van der Waals surface area contributed by atoms with Crippen LogP contribution in [0.15, 0.2) is 24.3 Å². The summed E-state index contributed by atoms with van der Waals surface area (Å²) in [7, 11) is 1.51. The topological polar surface area (TPSA) is 29.5 Å². The quantitative estimate of drug-likeness (QED) is 0.808. The van der Waals surface area contributed by atoms with Crippen molar-refractivity contribution in [2.24, 2.45) is 0 Å². The maximum atomic E-state index is 13.1. The first-order valence-corrected chi connectivity index (χ1v) is 4.66. The maximum absolute atomic E-state index is 13.1. The summed E-state index contributed by atoms with van der Waals surface area (Å²) in [5.74, 6) is -0.548. The Morgan fingerprint density at radius 3 is 2.73 bits per heavy atom. The summed E-state index contributed by atoms with van der Waals surface area (Å²) in [6.07, 6.45) is 0. The van der Waals surface area contributed by atoms with Crippen LogP contribution in [0.25, 0.3) is 10.8 Å². The molecule has 0 heterocycles. The lowest BCUT2D eigenvalue weighted by molar-refractivity contribution is 0.415. The molecule has 0 fully saturated rings. The number of fused-ring (bicyclic) bond motifs is 1. The van der Waals surface area contributed by atoms with E-state index in [0.29, 0.717) is 16.5 Å². The van der Waals surface area contributed by atoms with Gasteiger partial charge >= 0.3 is 0 Å². The van der Waals surface area contributed by atoms with E-state index in [1.165, 1.54) is 19.2 Å². The highest BCUT2D eigenvalue weighted by Gasteiger charge is 2.10. The molecule has 4 heteroatoms. The van der Waals surface area contributed by atoms with Crippen LogP contribution in [0.4, 0.5) is 4.39 Å². The number of methoxy groups -OCH3 is 1. The summed E-state index contributed by atoms with van der Waals surface area (Å²) in [6.45, 7) is 0. The smallest absolute Gasteiger partial charge is 0.165 e. The fourth-order valence-electron chi connectivity index (χ4n) is 1.46. The minimum absolute atomic E-state index is 0.265. The van der Waals surface area contributed by atoms with Crippen LogP contribution in [0, 0.1) is 5.82 Å². The van der Waals surface area contributed by atoms with Crippen LogP contribution in [0.5, 0.6) is 11.5 Å². The highest BCUT2D eigenvalue weighted by atomic mass is 35.5. The fraction of sp³-hybridized carbons (Fsp3) is 0.0909. The molecular weight excluding hydrogens is 219 g/mol. The van der Waals surface area contributed by atoms with Gasteiger partial charge in [-0.25, -0.2) is 4.39 Å². The molecule has 2 aromatic carbocycles. The Morgan fingerprint density at radius 1 is 1.33 bits per heavy atom. The summed E-state index contributed by atoms with van der Waals surface area (Å²) in [5.41, 5.74) is 0. The standard InChI is InChI=1S/C11H8ClFO2/c1-15-7-4-6-2-3-9(13)11(14)10(6)8(12)5-7/h2-5,14H,1H3. The van der Waals surface area contributed by atoms with E-state index >= 15 is 0 Å². The number of ether oxygens (including phenoxy) is 1. The Bertz CT molecular complexity index is 525. The number of hydrogen-bond acceptors (Lipinski definition) is 2. The van der Waals surface area contributed by atoms with E-state index in [4.69, 9.17) is 16.3 Å². The third kappa shape index (κ3) is 1.59. The van der Waals surface area contributed by atoms with Crippen LogP contribution in [0.3, 0.4) is 0 Å². The summed E-state index contributed by atoms with van der Waals surface area (Å²) in [5, 5.41) is 10.7. The lowest BCUT2D eigenvalue weighted by atomic mass is 10.1. The van der Waals surface area contributed by atoms with Gasteiger partial charge < -0.3 is 9.84 Å². The monoisotopic (exact) mass is 226 g/mol. The lowest BCUT2D eigenvalue weighted by Gasteiger charge is -2.07. The second kappa shape index (κ2) is 3.59. The van der Waals surface area contributed by atoms with E-state index < -0.39 is 11.6 Å². The van der Waals surface area contributed by atoms with Crippen LogP contribution in [-0.4, -0.2) is 12.2 Å². The molecule has 0 spiro atoms. The molecule has 0 aromatic heterocycles. The second-order valence-corrected chi connectivity index (χ2v) is 3.51. The summed E-state index contributed by atoms with van der Waals surface area (Å²) in [6, 6.07) is 5.94. The molecule has 0 amide bonds. The molecule has 0 aliphatic rings. The van der Waals surface area contributed by atoms with Gasteiger partial charge in [-0.3, -0.25) is 0 Å². The highest BCUT2D eigenvalue weighted by Crippen LogP contribution is 2.36. The Balaban J connectivity index is 2.85. The first-order valence-electron chi connectivity index (χ1n) is 4.28. The van der Waals surface area contributed by atoms with Gasteiger partial charge in [0.05, 0.1) is 12.1 Å². The molecule has 1 N–H and O–H groups in total. The number of rotatable bonds is 1. The van der Waals surface area contributed by atoms with Crippen molar-refractivity contribution in [2.45, 2.75) is 0 Å². The van der Waals surface area contributed by atoms with Crippen molar-refractivity contribution in [2.75, 3.05) is 7.11 Å². The Kier molecular flexibility index (Phi) is 2.40. The molecule has 2 aromatic rings. The molecule has 0 unspecified atom stereocenters. The van der Waals surface area contributed by atoms with Gasteiger partial charge in [-0.1, -0.05) is 17.7 Å². The number of aromatic hydroxyl groups is 1. The molecule has 0 aliphatic carbocycles. The lowest BCUT2D eigenvalue weighted by Crippen LogP contribution is -1.85. The van der Waals surface area contributed by atoms with Gasteiger partial charge in [0, 0.05) is 5.39 Å². The third-order valence-electron chi connectivity index (χ3n) is 2.20. The minimum Gasteiger partial charge on any atom is -0.504 e. The summed E-state index contributed by atoms with van der Waals surface area (Å²) in [4.78, 5) is 0. The van der Waals surface area contributed by atoms with Gasteiger partial charge in [0.1, 0.15) is 5.75 Å². The molecule has 0 atom stereocenters. The maximum Gasteiger partial charge on any atom is 0.165 e. The van der Waals surface area contributed by atoms with Gasteiger partial charge in [0.2, 0.25) is 0 Å². The zero-order valence-electron chi connectivity index (χ0n) is 7.92. The van der Waals surface area contributed by atoms with E-state index in [0.717, 1.165) is 0 Å². The first kappa shape index (κ1) is 10.1. The molecule has 0 saturated heterocycles. The molecule has 2 nitrogen and oxygen atoms in total. The minimum atomic E-state index is -0.686. The SMILES string of the molecule is COc1cc(Cl)c2c(O)c(F)ccc2c1. The van der Waals surface area contributed by atoms with Crippen LogP contribution in [-0.2, 0) is 0 Å². The number of phenols is 1. The zero-order chi connectivity index (χ0) is 11.0. The third-order valence-corrected chi connectivity index (χ3v) is 2.50. The Morgan fingerprint density at radius 2 is 2.07 bits per heavy atom. The van der Waals surface area contributed by atoms with Crippen molar-refractivity contribution >= 4 is 22.4 Å². The van der Waals surface area contributed by atoms with Crippen LogP contribution >= 0.6 is 11.6 Å². The van der Waals surface area contributed by atoms with Crippen molar-refractivity contribution < 1.29 is 14.2 Å². The van der Waals surface area contributed by atoms with E-state index in [1.54, 1.807) is 12.1 Å². The largest absolute Gasteiger partial charge is 0.504 e. The van der Waals surface area contributed by atoms with Crippen molar-refractivity contribution in [3.63, 3.8) is 0 Å². The average Bonchev–Trinajstić information content (AvgIpc) is 2.23. The van der Waals surface area contributed by atoms with E-state index in [1.807, 2.05) is 0 Å². The molecule has 0 bridgehead atoms. The highest BCUT2D eigenvalue weighted by molar-refractivity contribution is 6.36. The van der Waals surface area contributed by atoms with Crippen molar-refractivity contribution in [1.29, 1.82) is 0 Å². The molecule has 0 saturated carbocycles. The second-order valence-electron chi connectivity index (χ2n) is 3.10. The van der Waals surface area contributed by atoms with Crippen LogP contribution in [0.2, 0.25) is 5.02 Å². The van der Waals surface area contributed by atoms with Crippen molar-refractivity contribution in [1.82, 2.24) is 0 Å². The first-order chi connectivity index (χ1) is 7.13. The molecular formula is C11H8ClFO2. The Hall–Kier alpha value is -1.48. The summed E-state index contributed by atoms with van der Waals surface area (Å²) >= 11 is 5.91. The number of benzene rings is 2. The van der Waals surface area contributed by atoms with Gasteiger partial charge in [0.25, 0.3) is 0 Å². The number of hydrogen-bond donors (Lipinski definition) is 1. The fourth-order valence-corrected chi connectivity index (χ4v) is 1.77. The molecule has 0 radical (unpaired) electrons. The van der Waals surface area contributed by atoms with E-state index in [9.17, 15) is 9.50 Å². The number of halogens is 2. The normalized spacial score (nSPS) is 10.6. The average molecular weight is 227 g/mol. The van der Waals surface area contributed by atoms with E-state index in [2.05, 4.69) is 0 Å².